The van der Waals surface area contributed by atoms with E-state index in [0.29, 0.717) is 12.6 Å². The maximum atomic E-state index is 10.9. The van der Waals surface area contributed by atoms with E-state index in [4.69, 9.17) is 5.73 Å². The molecule has 1 saturated heterocycles. The van der Waals surface area contributed by atoms with E-state index in [0.717, 1.165) is 19.4 Å². The molecule has 0 aromatic heterocycles. The fourth-order valence-electron chi connectivity index (χ4n) is 2.27. The highest BCUT2D eigenvalue weighted by molar-refractivity contribution is 5.76. The summed E-state index contributed by atoms with van der Waals surface area (Å²) in [5.74, 6) is -0.238. The van der Waals surface area contributed by atoms with Crippen molar-refractivity contribution >= 4 is 5.91 Å². The molecule has 1 aromatic rings. The molecule has 0 aliphatic carbocycles. The van der Waals surface area contributed by atoms with Crippen LogP contribution in [0.2, 0.25) is 0 Å². The average molecular weight is 204 g/mol. The molecule has 15 heavy (non-hydrogen) atoms. The molecule has 0 bridgehead atoms. The molecule has 0 spiro atoms. The van der Waals surface area contributed by atoms with E-state index in [1.165, 1.54) is 5.56 Å². The van der Waals surface area contributed by atoms with Crippen LogP contribution in [0.1, 0.15) is 24.4 Å². The van der Waals surface area contributed by atoms with Gasteiger partial charge < -0.3 is 5.73 Å². The standard InChI is InChI=1S/C12H16N2O/c13-12(15)9-14-8-4-7-11(14)10-5-2-1-3-6-10/h1-3,5-6,11H,4,7-9H2,(H2,13,15). The van der Waals surface area contributed by atoms with Crippen LogP contribution in [0, 0.1) is 0 Å². The molecule has 1 heterocycles. The van der Waals surface area contributed by atoms with Crippen LogP contribution >= 0.6 is 0 Å². The zero-order chi connectivity index (χ0) is 10.7. The molecule has 2 rings (SSSR count). The molecule has 1 amide bonds. The van der Waals surface area contributed by atoms with Crippen LogP contribution in [0.15, 0.2) is 30.3 Å². The lowest BCUT2D eigenvalue weighted by molar-refractivity contribution is -0.119. The number of benzene rings is 1. The van der Waals surface area contributed by atoms with Gasteiger partial charge >= 0.3 is 0 Å². The lowest BCUT2D eigenvalue weighted by Gasteiger charge is -2.23. The number of primary amides is 1. The molecule has 1 atom stereocenters. The fraction of sp³-hybridized carbons (Fsp3) is 0.417. The van der Waals surface area contributed by atoms with E-state index in [2.05, 4.69) is 17.0 Å². The third-order valence-electron chi connectivity index (χ3n) is 2.91. The highest BCUT2D eigenvalue weighted by Crippen LogP contribution is 2.30. The van der Waals surface area contributed by atoms with Crippen molar-refractivity contribution in [3.8, 4) is 0 Å². The van der Waals surface area contributed by atoms with E-state index in [9.17, 15) is 4.79 Å². The van der Waals surface area contributed by atoms with Crippen LogP contribution in [0.5, 0.6) is 0 Å². The predicted molar refractivity (Wildman–Crippen MR) is 59.2 cm³/mol. The quantitative estimate of drug-likeness (QED) is 0.807. The minimum atomic E-state index is -0.238. The van der Waals surface area contributed by atoms with Crippen molar-refractivity contribution in [2.24, 2.45) is 5.73 Å². The van der Waals surface area contributed by atoms with Gasteiger partial charge in [-0.25, -0.2) is 0 Å². The summed E-state index contributed by atoms with van der Waals surface area (Å²) in [6.07, 6.45) is 2.27. The van der Waals surface area contributed by atoms with Crippen molar-refractivity contribution in [3.63, 3.8) is 0 Å². The van der Waals surface area contributed by atoms with Gasteiger partial charge in [0.2, 0.25) is 5.91 Å². The highest BCUT2D eigenvalue weighted by Gasteiger charge is 2.26. The van der Waals surface area contributed by atoms with Gasteiger partial charge in [0.25, 0.3) is 0 Å². The van der Waals surface area contributed by atoms with Gasteiger partial charge in [-0.2, -0.15) is 0 Å². The van der Waals surface area contributed by atoms with E-state index in [-0.39, 0.29) is 5.91 Å². The predicted octanol–water partition coefficient (Wildman–Crippen LogP) is 1.31. The van der Waals surface area contributed by atoms with Gasteiger partial charge in [0.05, 0.1) is 6.54 Å². The maximum absolute atomic E-state index is 10.9. The van der Waals surface area contributed by atoms with Crippen molar-refractivity contribution in [2.45, 2.75) is 18.9 Å². The van der Waals surface area contributed by atoms with Gasteiger partial charge in [-0.15, -0.1) is 0 Å². The first kappa shape index (κ1) is 10.2. The van der Waals surface area contributed by atoms with Gasteiger partial charge in [0.1, 0.15) is 0 Å². The van der Waals surface area contributed by atoms with E-state index >= 15 is 0 Å². The number of hydrogen-bond donors (Lipinski definition) is 1. The van der Waals surface area contributed by atoms with Gasteiger partial charge in [-0.1, -0.05) is 30.3 Å². The molecular weight excluding hydrogens is 188 g/mol. The number of nitrogens with two attached hydrogens (primary N) is 1. The smallest absolute Gasteiger partial charge is 0.231 e. The first-order chi connectivity index (χ1) is 7.27. The Kier molecular flexibility index (Phi) is 3.02. The maximum Gasteiger partial charge on any atom is 0.231 e. The third-order valence-corrected chi connectivity index (χ3v) is 2.91. The molecular formula is C12H16N2O. The van der Waals surface area contributed by atoms with Crippen molar-refractivity contribution in [2.75, 3.05) is 13.1 Å². The molecule has 1 aliphatic heterocycles. The molecule has 1 aromatic carbocycles. The van der Waals surface area contributed by atoms with Crippen LogP contribution in [0.4, 0.5) is 0 Å². The van der Waals surface area contributed by atoms with Crippen LogP contribution in [-0.4, -0.2) is 23.9 Å². The molecule has 80 valence electrons. The average Bonchev–Trinajstić information content (AvgIpc) is 2.66. The second kappa shape index (κ2) is 4.45. The summed E-state index contributed by atoms with van der Waals surface area (Å²) < 4.78 is 0. The summed E-state index contributed by atoms with van der Waals surface area (Å²) in [4.78, 5) is 13.1. The third kappa shape index (κ3) is 2.36. The second-order valence-electron chi connectivity index (χ2n) is 4.01. The minimum absolute atomic E-state index is 0.238. The normalized spacial score (nSPS) is 21.7. The van der Waals surface area contributed by atoms with E-state index in [1.807, 2.05) is 18.2 Å². The lowest BCUT2D eigenvalue weighted by atomic mass is 10.0. The lowest BCUT2D eigenvalue weighted by Crippen LogP contribution is -2.33. The zero-order valence-corrected chi connectivity index (χ0v) is 8.73. The topological polar surface area (TPSA) is 46.3 Å². The second-order valence-corrected chi connectivity index (χ2v) is 4.01. The van der Waals surface area contributed by atoms with Crippen molar-refractivity contribution in [3.05, 3.63) is 35.9 Å². The number of hydrogen-bond acceptors (Lipinski definition) is 2. The Morgan fingerprint density at radius 2 is 2.13 bits per heavy atom. The molecule has 3 nitrogen and oxygen atoms in total. The largest absolute Gasteiger partial charge is 0.369 e. The summed E-state index contributed by atoms with van der Waals surface area (Å²) in [5, 5.41) is 0. The number of amides is 1. The zero-order valence-electron chi connectivity index (χ0n) is 8.73. The summed E-state index contributed by atoms with van der Waals surface area (Å²) >= 11 is 0. The number of likely N-dealkylation sites (tertiary alicyclic amines) is 1. The van der Waals surface area contributed by atoms with Crippen LogP contribution in [-0.2, 0) is 4.79 Å². The molecule has 0 radical (unpaired) electrons. The Bertz CT molecular complexity index is 337. The van der Waals surface area contributed by atoms with Gasteiger partial charge in [-0.05, 0) is 24.9 Å². The molecule has 3 heteroatoms. The molecule has 1 aliphatic rings. The van der Waals surface area contributed by atoms with Gasteiger partial charge in [-0.3, -0.25) is 9.69 Å². The molecule has 2 N–H and O–H groups in total. The highest BCUT2D eigenvalue weighted by atomic mass is 16.1. The van der Waals surface area contributed by atoms with Crippen molar-refractivity contribution < 1.29 is 4.79 Å². The Morgan fingerprint density at radius 1 is 1.40 bits per heavy atom. The van der Waals surface area contributed by atoms with Gasteiger partial charge in [0, 0.05) is 6.04 Å². The molecule has 0 saturated carbocycles. The number of carbonyl (C=O) groups is 1. The number of rotatable bonds is 3. The van der Waals surface area contributed by atoms with Crippen LogP contribution in [0.25, 0.3) is 0 Å². The van der Waals surface area contributed by atoms with E-state index < -0.39 is 0 Å². The monoisotopic (exact) mass is 204 g/mol. The van der Waals surface area contributed by atoms with Crippen LogP contribution < -0.4 is 5.73 Å². The minimum Gasteiger partial charge on any atom is -0.369 e. The SMILES string of the molecule is NC(=O)CN1CCCC1c1ccccc1. The summed E-state index contributed by atoms with van der Waals surface area (Å²) in [7, 11) is 0. The molecule has 1 unspecified atom stereocenters. The first-order valence-corrected chi connectivity index (χ1v) is 5.34. The fourth-order valence-corrected chi connectivity index (χ4v) is 2.27. The van der Waals surface area contributed by atoms with Crippen LogP contribution in [0.3, 0.4) is 0 Å². The van der Waals surface area contributed by atoms with Crippen molar-refractivity contribution in [1.82, 2.24) is 4.90 Å². The Labute approximate surface area is 89.9 Å². The first-order valence-electron chi connectivity index (χ1n) is 5.34. The summed E-state index contributed by atoms with van der Waals surface area (Å²) in [6.45, 7) is 1.35. The van der Waals surface area contributed by atoms with Gasteiger partial charge in [0.15, 0.2) is 0 Å². The Morgan fingerprint density at radius 3 is 2.80 bits per heavy atom. The molecule has 1 fully saturated rings. The summed E-state index contributed by atoms with van der Waals surface area (Å²) in [6, 6.07) is 10.7. The number of nitrogens with zero attached hydrogens (tertiary/aromatic N) is 1. The number of carbonyl (C=O) groups excluding carboxylic acids is 1. The Hall–Kier alpha value is -1.35. The Balaban J connectivity index is 2.11. The van der Waals surface area contributed by atoms with Crippen molar-refractivity contribution in [1.29, 1.82) is 0 Å². The van der Waals surface area contributed by atoms with E-state index in [1.54, 1.807) is 0 Å². The summed E-state index contributed by atoms with van der Waals surface area (Å²) in [5.41, 5.74) is 6.52.